The monoisotopic (exact) mass is 853 g/mol. The summed E-state index contributed by atoms with van der Waals surface area (Å²) < 4.78 is 10.7. The molecule has 258 valence electrons. The molecular formula is C35H27N5OS10. The number of thiazole rings is 4. The standard InChI is InChI=1S/C14H8N2S4.2C7H5NS2.C6H7N.CS2.H2O/c1-3-7-11-9(5-1)15-13(17-11)19-20-14-16-10-6-2-4-8-12(10)18-14;2*9-7-8-5-3-1-2-4-6(5)10-7;7-6-4-2-1-3-5-6;2-1-3;/h1-8H;2*1-4H,(H,8,9);1-5H,7H2;;1H2. The lowest BCUT2D eigenvalue weighted by Gasteiger charge is -1.90. The first-order valence-corrected chi connectivity index (χ1v) is 21.5. The Labute approximate surface area is 338 Å². The van der Waals surface area contributed by atoms with Gasteiger partial charge in [0.15, 0.2) is 16.6 Å². The number of nitrogens with one attached hydrogen (secondary N) is 2. The van der Waals surface area contributed by atoms with Crippen molar-refractivity contribution in [3.05, 3.63) is 135 Å². The second-order valence-corrected chi connectivity index (χ2v) is 18.4. The van der Waals surface area contributed by atoms with E-state index in [9.17, 15) is 0 Å². The lowest BCUT2D eigenvalue weighted by Crippen LogP contribution is -1.79. The summed E-state index contributed by atoms with van der Waals surface area (Å²) in [7, 11) is 3.37. The molecule has 0 atom stereocenters. The highest BCUT2D eigenvalue weighted by molar-refractivity contribution is 8.77. The summed E-state index contributed by atoms with van der Waals surface area (Å²) in [5.41, 5.74) is 10.6. The average Bonchev–Trinajstić information content (AvgIpc) is 3.91. The third-order valence-electron chi connectivity index (χ3n) is 6.19. The van der Waals surface area contributed by atoms with Gasteiger partial charge in [-0.3, -0.25) is 0 Å². The molecule has 0 spiro atoms. The number of hydrogen-bond donors (Lipinski definition) is 3. The largest absolute Gasteiger partial charge is 0.412 e. The Morgan fingerprint density at radius 1 is 0.510 bits per heavy atom. The van der Waals surface area contributed by atoms with E-state index in [1.54, 1.807) is 66.9 Å². The Bertz CT molecular complexity index is 2270. The number of para-hydroxylation sites is 5. The topological polar surface area (TPSA) is 115 Å². The summed E-state index contributed by atoms with van der Waals surface area (Å²) in [4.78, 5) is 15.4. The van der Waals surface area contributed by atoms with E-state index < -0.39 is 0 Å². The van der Waals surface area contributed by atoms with E-state index in [0.29, 0.717) is 0 Å². The van der Waals surface area contributed by atoms with Gasteiger partial charge in [0.1, 0.15) is 0 Å². The fraction of sp³-hybridized carbons (Fsp3) is 0. The van der Waals surface area contributed by atoms with Gasteiger partial charge in [-0.1, -0.05) is 66.7 Å². The number of H-pyrrole nitrogens is 2. The Hall–Kier alpha value is -3.22. The molecule has 0 aliphatic carbocycles. The summed E-state index contributed by atoms with van der Waals surface area (Å²) in [5, 5.41) is 0. The van der Waals surface area contributed by atoms with Crippen molar-refractivity contribution in [2.24, 2.45) is 0 Å². The van der Waals surface area contributed by atoms with Gasteiger partial charge in [-0.15, -0.1) is 45.3 Å². The molecule has 4 aromatic heterocycles. The SMILES string of the molecule is Nc1ccccc1.O.S=C=S.S=c1[nH]c2ccccc2s1.S=c1[nH]c2ccccc2s1.c1ccc2sc(SSc3nc4ccccc4s3)nc2c1. The van der Waals surface area contributed by atoms with E-state index in [1.807, 2.05) is 83.2 Å². The highest BCUT2D eigenvalue weighted by Crippen LogP contribution is 2.43. The van der Waals surface area contributed by atoms with Gasteiger partial charge in [0, 0.05) is 10.0 Å². The highest BCUT2D eigenvalue weighted by Gasteiger charge is 2.08. The minimum Gasteiger partial charge on any atom is -0.412 e. The normalized spacial score (nSPS) is 9.88. The van der Waals surface area contributed by atoms with Crippen LogP contribution in [0.3, 0.4) is 0 Å². The van der Waals surface area contributed by atoms with Gasteiger partial charge in [-0.25, -0.2) is 9.97 Å². The van der Waals surface area contributed by atoms with E-state index in [1.165, 1.54) is 18.8 Å². The van der Waals surface area contributed by atoms with Crippen LogP contribution in [0.2, 0.25) is 0 Å². The molecule has 0 saturated carbocycles. The molecule has 0 unspecified atom stereocenters. The third kappa shape index (κ3) is 12.7. The molecule has 4 heterocycles. The molecule has 0 amide bonds. The van der Waals surface area contributed by atoms with Gasteiger partial charge in [0.25, 0.3) is 0 Å². The molecule has 0 fully saturated rings. The van der Waals surface area contributed by atoms with Crippen molar-refractivity contribution in [1.29, 1.82) is 0 Å². The average molecular weight is 854 g/mol. The predicted molar refractivity (Wildman–Crippen MR) is 240 cm³/mol. The smallest absolute Gasteiger partial charge is 0.162 e. The van der Waals surface area contributed by atoms with Gasteiger partial charge in [0.05, 0.1) is 40.9 Å². The van der Waals surface area contributed by atoms with E-state index in [4.69, 9.17) is 30.2 Å². The van der Waals surface area contributed by atoms with Gasteiger partial charge in [-0.05, 0) is 131 Å². The number of nitrogens with two attached hydrogens (primary N) is 1. The second-order valence-electron chi connectivity index (χ2n) is 9.58. The Morgan fingerprint density at radius 2 is 0.863 bits per heavy atom. The van der Waals surface area contributed by atoms with Gasteiger partial charge in [0.2, 0.25) is 0 Å². The molecule has 6 nitrogen and oxygen atoms in total. The molecule has 0 aliphatic heterocycles. The number of rotatable bonds is 3. The molecule has 16 heteroatoms. The fourth-order valence-electron chi connectivity index (χ4n) is 4.09. The first kappa shape index (κ1) is 40.5. The number of nitrogens with zero attached hydrogens (tertiary/aromatic N) is 2. The number of nitrogen functional groups attached to an aromatic ring is 1. The van der Waals surface area contributed by atoms with Crippen molar-refractivity contribution in [3.63, 3.8) is 0 Å². The molecule has 51 heavy (non-hydrogen) atoms. The Balaban J connectivity index is 0.000000160. The van der Waals surface area contributed by atoms with Crippen LogP contribution in [0.4, 0.5) is 5.69 Å². The molecule has 0 aliphatic rings. The lowest BCUT2D eigenvalue weighted by molar-refractivity contribution is 0.824. The summed E-state index contributed by atoms with van der Waals surface area (Å²) in [6.45, 7) is 0. The fourth-order valence-corrected chi connectivity index (χ4v) is 10.8. The van der Waals surface area contributed by atoms with E-state index in [2.05, 4.69) is 92.9 Å². The van der Waals surface area contributed by atoms with Crippen LogP contribution in [-0.4, -0.2) is 29.7 Å². The molecule has 6 N–H and O–H groups in total. The van der Waals surface area contributed by atoms with Crippen molar-refractivity contribution in [3.8, 4) is 0 Å². The molecule has 0 radical (unpaired) electrons. The van der Waals surface area contributed by atoms with Crippen LogP contribution in [0.5, 0.6) is 0 Å². The van der Waals surface area contributed by atoms with Crippen LogP contribution in [0, 0.1) is 7.91 Å². The number of thiocarbonyl (C=S) groups is 2. The molecule has 5 aromatic carbocycles. The van der Waals surface area contributed by atoms with Crippen molar-refractivity contribution in [2.45, 2.75) is 8.68 Å². The zero-order chi connectivity index (χ0) is 35.1. The van der Waals surface area contributed by atoms with E-state index in [-0.39, 0.29) is 5.48 Å². The van der Waals surface area contributed by atoms with Crippen molar-refractivity contribution in [1.82, 2.24) is 19.9 Å². The minimum atomic E-state index is 0. The summed E-state index contributed by atoms with van der Waals surface area (Å²) in [5.74, 6) is 0. The maximum absolute atomic E-state index is 5.36. The molecule has 9 rings (SSSR count). The van der Waals surface area contributed by atoms with Crippen LogP contribution < -0.4 is 5.73 Å². The quantitative estimate of drug-likeness (QED) is 0.0908. The molecule has 0 saturated heterocycles. The lowest BCUT2D eigenvalue weighted by atomic mass is 10.3. The summed E-state index contributed by atoms with van der Waals surface area (Å²) >= 11 is 24.6. The second kappa shape index (κ2) is 21.3. The van der Waals surface area contributed by atoms with Crippen LogP contribution >= 0.6 is 116 Å². The van der Waals surface area contributed by atoms with E-state index in [0.717, 1.165) is 44.3 Å². The van der Waals surface area contributed by atoms with Crippen LogP contribution in [-0.2, 0) is 0 Å². The molecule has 0 bridgehead atoms. The minimum absolute atomic E-state index is 0. The number of fused-ring (bicyclic) bond motifs is 4. The van der Waals surface area contributed by atoms with Gasteiger partial charge >= 0.3 is 0 Å². The third-order valence-corrected chi connectivity index (χ3v) is 13.7. The maximum Gasteiger partial charge on any atom is 0.162 e. The summed E-state index contributed by atoms with van der Waals surface area (Å²) in [6.07, 6.45) is 0. The molecule has 9 aromatic rings. The van der Waals surface area contributed by atoms with Crippen molar-refractivity contribution >= 4 is 167 Å². The summed E-state index contributed by atoms with van der Waals surface area (Å²) in [6, 6.07) is 42.2. The van der Waals surface area contributed by atoms with Crippen molar-refractivity contribution < 1.29 is 5.48 Å². The molecular weight excluding hydrogens is 827 g/mol. The van der Waals surface area contributed by atoms with Crippen LogP contribution in [0.15, 0.2) is 136 Å². The zero-order valence-corrected chi connectivity index (χ0v) is 34.3. The zero-order valence-electron chi connectivity index (χ0n) is 26.2. The van der Waals surface area contributed by atoms with E-state index >= 15 is 0 Å². The van der Waals surface area contributed by atoms with Gasteiger partial charge in [-0.2, -0.15) is 0 Å². The highest BCUT2D eigenvalue weighted by atomic mass is 33.1. The number of hydrogen-bond acceptors (Lipinski definition) is 13. The predicted octanol–water partition coefficient (Wildman–Crippen LogP) is 13.1. The van der Waals surface area contributed by atoms with Crippen molar-refractivity contribution in [2.75, 3.05) is 5.73 Å². The van der Waals surface area contributed by atoms with Gasteiger partial charge < -0.3 is 21.2 Å². The van der Waals surface area contributed by atoms with Crippen LogP contribution in [0.25, 0.3) is 40.9 Å². The Morgan fingerprint density at radius 3 is 1.22 bits per heavy atom. The first-order valence-electron chi connectivity index (χ1n) is 14.4. The first-order chi connectivity index (χ1) is 24.4. The number of aromatic amines is 2. The number of benzene rings is 5. The Kier molecular flexibility index (Phi) is 17.0. The van der Waals surface area contributed by atoms with Crippen LogP contribution in [0.1, 0.15) is 0 Å². The number of aromatic nitrogens is 4. The maximum atomic E-state index is 5.36. The number of anilines is 1.